The Kier molecular flexibility index (Phi) is 5.00. The van der Waals surface area contributed by atoms with Crippen LogP contribution in [0.15, 0.2) is 5.38 Å². The van der Waals surface area contributed by atoms with Crippen LogP contribution < -0.4 is 0 Å². The van der Waals surface area contributed by atoms with E-state index in [4.69, 9.17) is 4.74 Å². The molecule has 0 spiro atoms. The van der Waals surface area contributed by atoms with Crippen LogP contribution in [0.5, 0.6) is 0 Å². The smallest absolute Gasteiger partial charge is 0.310 e. The van der Waals surface area contributed by atoms with E-state index in [1.54, 1.807) is 0 Å². The third kappa shape index (κ3) is 3.44. The van der Waals surface area contributed by atoms with Crippen LogP contribution in [0.25, 0.3) is 0 Å². The van der Waals surface area contributed by atoms with Crippen LogP contribution in [-0.4, -0.2) is 43.1 Å². The number of sulfonamides is 1. The summed E-state index contributed by atoms with van der Waals surface area (Å²) in [6.45, 7) is 2.12. The lowest BCUT2D eigenvalue weighted by molar-refractivity contribution is -0.145. The van der Waals surface area contributed by atoms with E-state index in [1.165, 1.54) is 29.8 Å². The molecule has 1 aliphatic rings. The van der Waals surface area contributed by atoms with Crippen LogP contribution >= 0.6 is 11.3 Å². The largest absolute Gasteiger partial charge is 0.469 e. The highest BCUT2D eigenvalue weighted by Crippen LogP contribution is 2.33. The fourth-order valence-electron chi connectivity index (χ4n) is 2.73. The number of carbonyl (C=O) groups is 1. The van der Waals surface area contributed by atoms with Crippen molar-refractivity contribution in [3.8, 4) is 0 Å². The van der Waals surface area contributed by atoms with Gasteiger partial charge >= 0.3 is 5.97 Å². The van der Waals surface area contributed by atoms with E-state index in [2.05, 4.69) is 4.98 Å². The molecule has 21 heavy (non-hydrogen) atoms. The van der Waals surface area contributed by atoms with Gasteiger partial charge in [0.05, 0.1) is 35.5 Å². The first-order valence-corrected chi connectivity index (χ1v) is 9.18. The second-order valence-electron chi connectivity index (χ2n) is 5.26. The van der Waals surface area contributed by atoms with Crippen LogP contribution in [0.2, 0.25) is 0 Å². The highest BCUT2D eigenvalue weighted by Gasteiger charge is 2.43. The van der Waals surface area contributed by atoms with E-state index < -0.39 is 27.2 Å². The zero-order valence-electron chi connectivity index (χ0n) is 12.4. The number of aryl methyl sites for hydroxylation is 1. The minimum absolute atomic E-state index is 0.233. The Bertz CT molecular complexity index is 611. The second kappa shape index (κ2) is 6.41. The standard InChI is InChI=1S/C13H20N2O4S2/c1-9-14-10(8-20-9)7-15(2)21(17,18)12-6-4-5-11(12)13(16)19-3/h8,11-12H,4-7H2,1-3H3. The number of hydrogen-bond donors (Lipinski definition) is 0. The second-order valence-corrected chi connectivity index (χ2v) is 8.58. The maximum Gasteiger partial charge on any atom is 0.310 e. The first kappa shape index (κ1) is 16.4. The molecule has 0 N–H and O–H groups in total. The normalized spacial score (nSPS) is 22.7. The van der Waals surface area contributed by atoms with Gasteiger partial charge in [0.25, 0.3) is 0 Å². The Morgan fingerprint density at radius 3 is 2.81 bits per heavy atom. The number of hydrogen-bond acceptors (Lipinski definition) is 6. The molecule has 0 aromatic carbocycles. The number of aromatic nitrogens is 1. The van der Waals surface area contributed by atoms with E-state index in [9.17, 15) is 13.2 Å². The van der Waals surface area contributed by atoms with E-state index in [0.717, 1.165) is 17.1 Å². The molecule has 2 atom stereocenters. The van der Waals surface area contributed by atoms with Gasteiger partial charge in [-0.1, -0.05) is 6.42 Å². The summed E-state index contributed by atoms with van der Waals surface area (Å²) in [7, 11) is -0.699. The molecule has 6 nitrogen and oxygen atoms in total. The molecule has 8 heteroatoms. The van der Waals surface area contributed by atoms with Gasteiger partial charge in [-0.2, -0.15) is 4.31 Å². The molecule has 1 fully saturated rings. The Morgan fingerprint density at radius 2 is 2.24 bits per heavy atom. The molecule has 1 aromatic rings. The van der Waals surface area contributed by atoms with Gasteiger partial charge in [-0.3, -0.25) is 4.79 Å². The number of carbonyl (C=O) groups excluding carboxylic acids is 1. The molecule has 0 radical (unpaired) electrons. The number of thiazole rings is 1. The predicted octanol–water partition coefficient (Wildman–Crippen LogP) is 1.55. The number of methoxy groups -OCH3 is 1. The quantitative estimate of drug-likeness (QED) is 0.765. The topological polar surface area (TPSA) is 76.6 Å². The van der Waals surface area contributed by atoms with Crippen molar-refractivity contribution in [3.63, 3.8) is 0 Å². The Balaban J connectivity index is 2.14. The van der Waals surface area contributed by atoms with Crippen molar-refractivity contribution < 1.29 is 17.9 Å². The average Bonchev–Trinajstić information content (AvgIpc) is 3.07. The minimum Gasteiger partial charge on any atom is -0.469 e. The first-order valence-electron chi connectivity index (χ1n) is 6.80. The molecular weight excluding hydrogens is 312 g/mol. The maximum atomic E-state index is 12.7. The Labute approximate surface area is 129 Å². The van der Waals surface area contributed by atoms with Gasteiger partial charge in [0.1, 0.15) is 0 Å². The lowest BCUT2D eigenvalue weighted by Crippen LogP contribution is -2.40. The molecule has 0 saturated heterocycles. The molecule has 1 aromatic heterocycles. The molecule has 2 unspecified atom stereocenters. The summed E-state index contributed by atoms with van der Waals surface area (Å²) >= 11 is 1.49. The molecule has 0 aliphatic heterocycles. The summed E-state index contributed by atoms with van der Waals surface area (Å²) in [6.07, 6.45) is 1.80. The first-order chi connectivity index (χ1) is 9.86. The Hall–Kier alpha value is -0.990. The number of esters is 1. The lowest BCUT2D eigenvalue weighted by atomic mass is 10.1. The fourth-order valence-corrected chi connectivity index (χ4v) is 5.24. The van der Waals surface area contributed by atoms with Crippen LogP contribution in [0.1, 0.15) is 30.0 Å². The third-order valence-electron chi connectivity index (χ3n) is 3.82. The van der Waals surface area contributed by atoms with E-state index in [0.29, 0.717) is 12.8 Å². The number of rotatable bonds is 5. The summed E-state index contributed by atoms with van der Waals surface area (Å²) < 4.78 is 31.4. The van der Waals surface area contributed by atoms with Gasteiger partial charge in [0.2, 0.25) is 10.0 Å². The molecule has 2 rings (SSSR count). The molecule has 1 heterocycles. The van der Waals surface area contributed by atoms with Crippen LogP contribution in [-0.2, 0) is 26.1 Å². The van der Waals surface area contributed by atoms with Gasteiger partial charge in [0.15, 0.2) is 0 Å². The molecule has 1 saturated carbocycles. The monoisotopic (exact) mass is 332 g/mol. The van der Waals surface area contributed by atoms with Crippen LogP contribution in [0.3, 0.4) is 0 Å². The fraction of sp³-hybridized carbons (Fsp3) is 0.692. The number of nitrogens with zero attached hydrogens (tertiary/aromatic N) is 2. The molecule has 0 bridgehead atoms. The summed E-state index contributed by atoms with van der Waals surface area (Å²) in [5, 5.41) is 2.08. The highest BCUT2D eigenvalue weighted by molar-refractivity contribution is 7.89. The van der Waals surface area contributed by atoms with E-state index >= 15 is 0 Å². The molecule has 1 aliphatic carbocycles. The van der Waals surface area contributed by atoms with Crippen molar-refractivity contribution in [2.24, 2.45) is 5.92 Å². The Morgan fingerprint density at radius 1 is 1.52 bits per heavy atom. The van der Waals surface area contributed by atoms with Crippen LogP contribution in [0.4, 0.5) is 0 Å². The zero-order valence-corrected chi connectivity index (χ0v) is 14.0. The number of ether oxygens (including phenoxy) is 1. The lowest BCUT2D eigenvalue weighted by Gasteiger charge is -2.24. The van der Waals surface area contributed by atoms with Crippen molar-refractivity contribution in [1.82, 2.24) is 9.29 Å². The SMILES string of the molecule is COC(=O)C1CCCC1S(=O)(=O)N(C)Cc1csc(C)n1. The van der Waals surface area contributed by atoms with Crippen molar-refractivity contribution in [2.75, 3.05) is 14.2 Å². The van der Waals surface area contributed by atoms with E-state index in [1.807, 2.05) is 12.3 Å². The third-order valence-corrected chi connectivity index (χ3v) is 6.97. The summed E-state index contributed by atoms with van der Waals surface area (Å²) in [6, 6.07) is 0. The maximum absolute atomic E-state index is 12.7. The van der Waals surface area contributed by atoms with Gasteiger partial charge in [-0.25, -0.2) is 13.4 Å². The molecule has 118 valence electrons. The minimum atomic E-state index is -3.53. The van der Waals surface area contributed by atoms with E-state index in [-0.39, 0.29) is 6.54 Å². The summed E-state index contributed by atoms with van der Waals surface area (Å²) in [4.78, 5) is 16.0. The van der Waals surface area contributed by atoms with Crippen molar-refractivity contribution >= 4 is 27.3 Å². The van der Waals surface area contributed by atoms with Crippen molar-refractivity contribution in [2.45, 2.75) is 38.0 Å². The van der Waals surface area contributed by atoms with Crippen molar-refractivity contribution in [3.05, 3.63) is 16.1 Å². The van der Waals surface area contributed by atoms with Crippen LogP contribution in [0, 0.1) is 12.8 Å². The zero-order chi connectivity index (χ0) is 15.6. The van der Waals surface area contributed by atoms with Gasteiger partial charge < -0.3 is 4.74 Å². The van der Waals surface area contributed by atoms with Gasteiger partial charge in [-0.15, -0.1) is 11.3 Å². The van der Waals surface area contributed by atoms with Crippen molar-refractivity contribution in [1.29, 1.82) is 0 Å². The predicted molar refractivity (Wildman–Crippen MR) is 80.4 cm³/mol. The van der Waals surface area contributed by atoms with Gasteiger partial charge in [0, 0.05) is 12.4 Å². The molecular formula is C13H20N2O4S2. The summed E-state index contributed by atoms with van der Waals surface area (Å²) in [5.41, 5.74) is 0.733. The highest BCUT2D eigenvalue weighted by atomic mass is 32.2. The summed E-state index contributed by atoms with van der Waals surface area (Å²) in [5.74, 6) is -0.987. The molecule has 0 amide bonds. The average molecular weight is 332 g/mol. The van der Waals surface area contributed by atoms with Gasteiger partial charge in [-0.05, 0) is 19.8 Å².